The fraction of sp³-hybridized carbons (Fsp3) is 0.364. The Labute approximate surface area is 181 Å². The van der Waals surface area contributed by atoms with E-state index in [-0.39, 0.29) is 23.3 Å². The third-order valence-corrected chi connectivity index (χ3v) is 7.77. The van der Waals surface area contributed by atoms with E-state index in [4.69, 9.17) is 11.6 Å². The number of carbonyl (C=O) groups is 2. The number of nitrogens with zero attached hydrogens (tertiary/aromatic N) is 2. The van der Waals surface area contributed by atoms with Crippen molar-refractivity contribution in [1.29, 1.82) is 0 Å². The van der Waals surface area contributed by atoms with Crippen LogP contribution in [0.25, 0.3) is 0 Å². The number of halogens is 1. The molecule has 6 nitrogen and oxygen atoms in total. The van der Waals surface area contributed by atoms with Gasteiger partial charge in [-0.05, 0) is 60.7 Å². The molecule has 2 aromatic rings. The molecule has 2 aliphatic rings. The fourth-order valence-electron chi connectivity index (χ4n) is 3.77. The lowest BCUT2D eigenvalue weighted by molar-refractivity contribution is -0.122. The standard InChI is InChI=1S/C22H23ClN2O4S/c1-14(2)15-3-7-17(8-4-15)24-21(26)13-20(22(24)27)25(18-9-10-18)30(28,29)19-11-5-16(23)6-12-19/h3-8,11-12,14,18,20H,9-10,13H2,1-2H3. The van der Waals surface area contributed by atoms with Crippen LogP contribution in [0.1, 0.15) is 44.6 Å². The minimum atomic E-state index is -3.94. The summed E-state index contributed by atoms with van der Waals surface area (Å²) in [4.78, 5) is 27.1. The highest BCUT2D eigenvalue weighted by molar-refractivity contribution is 7.89. The Hall–Kier alpha value is -2.22. The van der Waals surface area contributed by atoms with Crippen molar-refractivity contribution >= 4 is 39.1 Å². The third kappa shape index (κ3) is 3.77. The molecule has 2 fully saturated rings. The van der Waals surface area contributed by atoms with Gasteiger partial charge in [0.15, 0.2) is 0 Å². The van der Waals surface area contributed by atoms with E-state index >= 15 is 0 Å². The summed E-state index contributed by atoms with van der Waals surface area (Å²) in [6.07, 6.45) is 1.19. The van der Waals surface area contributed by atoms with Gasteiger partial charge >= 0.3 is 0 Å². The van der Waals surface area contributed by atoms with Crippen LogP contribution in [0.2, 0.25) is 5.02 Å². The van der Waals surface area contributed by atoms with Gasteiger partial charge in [0.1, 0.15) is 6.04 Å². The molecule has 2 amide bonds. The van der Waals surface area contributed by atoms with E-state index in [9.17, 15) is 18.0 Å². The van der Waals surface area contributed by atoms with Crippen molar-refractivity contribution in [1.82, 2.24) is 4.31 Å². The summed E-state index contributed by atoms with van der Waals surface area (Å²) in [5, 5.41) is 0.426. The second-order valence-electron chi connectivity index (χ2n) is 8.05. The second-order valence-corrected chi connectivity index (χ2v) is 10.3. The van der Waals surface area contributed by atoms with E-state index in [1.807, 2.05) is 12.1 Å². The van der Waals surface area contributed by atoms with Gasteiger partial charge < -0.3 is 0 Å². The van der Waals surface area contributed by atoms with E-state index < -0.39 is 22.0 Å². The van der Waals surface area contributed by atoms with Gasteiger partial charge in [0, 0.05) is 11.1 Å². The van der Waals surface area contributed by atoms with Crippen LogP contribution in [0.5, 0.6) is 0 Å². The minimum absolute atomic E-state index is 0.0683. The average Bonchev–Trinajstić information content (AvgIpc) is 3.48. The van der Waals surface area contributed by atoms with Gasteiger partial charge in [0.2, 0.25) is 15.9 Å². The van der Waals surface area contributed by atoms with Crippen molar-refractivity contribution in [2.24, 2.45) is 0 Å². The van der Waals surface area contributed by atoms with Crippen LogP contribution in [0, 0.1) is 0 Å². The zero-order chi connectivity index (χ0) is 21.6. The largest absolute Gasteiger partial charge is 0.274 e. The zero-order valence-corrected chi connectivity index (χ0v) is 18.4. The number of rotatable bonds is 6. The average molecular weight is 447 g/mol. The summed E-state index contributed by atoms with van der Waals surface area (Å²) in [7, 11) is -3.94. The van der Waals surface area contributed by atoms with Gasteiger partial charge in [-0.1, -0.05) is 37.6 Å². The Kier molecular flexibility index (Phi) is 5.46. The topological polar surface area (TPSA) is 74.8 Å². The Morgan fingerprint density at radius 1 is 1.00 bits per heavy atom. The summed E-state index contributed by atoms with van der Waals surface area (Å²) in [6.45, 7) is 4.12. The number of carbonyl (C=O) groups excluding carboxylic acids is 2. The highest BCUT2D eigenvalue weighted by atomic mass is 35.5. The van der Waals surface area contributed by atoms with Crippen LogP contribution in [0.4, 0.5) is 5.69 Å². The second kappa shape index (κ2) is 7.80. The molecule has 158 valence electrons. The quantitative estimate of drug-likeness (QED) is 0.629. The highest BCUT2D eigenvalue weighted by Crippen LogP contribution is 2.38. The summed E-state index contributed by atoms with van der Waals surface area (Å²) in [6, 6.07) is 11.8. The van der Waals surface area contributed by atoms with Crippen molar-refractivity contribution in [3.8, 4) is 0 Å². The van der Waals surface area contributed by atoms with E-state index in [1.165, 1.54) is 28.6 Å². The monoisotopic (exact) mass is 446 g/mol. The lowest BCUT2D eigenvalue weighted by Crippen LogP contribution is -2.46. The highest BCUT2D eigenvalue weighted by Gasteiger charge is 2.51. The fourth-order valence-corrected chi connectivity index (χ4v) is 5.72. The first kappa shape index (κ1) is 21.0. The summed E-state index contributed by atoms with van der Waals surface area (Å²) in [5.41, 5.74) is 1.57. The van der Waals surface area contributed by atoms with Gasteiger partial charge in [-0.3, -0.25) is 9.59 Å². The molecule has 1 saturated heterocycles. The van der Waals surface area contributed by atoms with Crippen LogP contribution >= 0.6 is 11.6 Å². The number of amides is 2. The Balaban J connectivity index is 1.66. The Morgan fingerprint density at radius 2 is 1.60 bits per heavy atom. The number of anilines is 1. The molecule has 0 N–H and O–H groups in total. The smallest absolute Gasteiger partial charge is 0.252 e. The molecule has 0 radical (unpaired) electrons. The van der Waals surface area contributed by atoms with Crippen molar-refractivity contribution < 1.29 is 18.0 Å². The maximum atomic E-state index is 13.3. The molecule has 0 spiro atoms. The van der Waals surface area contributed by atoms with E-state index in [2.05, 4.69) is 13.8 Å². The number of hydrogen-bond acceptors (Lipinski definition) is 4. The molecule has 1 aliphatic carbocycles. The predicted octanol–water partition coefficient (Wildman–Crippen LogP) is 3.95. The summed E-state index contributed by atoms with van der Waals surface area (Å²) >= 11 is 5.89. The Morgan fingerprint density at radius 3 is 2.13 bits per heavy atom. The minimum Gasteiger partial charge on any atom is -0.274 e. The number of imide groups is 1. The maximum absolute atomic E-state index is 13.3. The van der Waals surface area contributed by atoms with Crippen LogP contribution in [-0.4, -0.2) is 36.6 Å². The molecule has 30 heavy (non-hydrogen) atoms. The number of benzene rings is 2. The van der Waals surface area contributed by atoms with Crippen LogP contribution in [0.3, 0.4) is 0 Å². The molecule has 1 unspecified atom stereocenters. The summed E-state index contributed by atoms with van der Waals surface area (Å²) < 4.78 is 27.9. The van der Waals surface area contributed by atoms with Gasteiger partial charge in [0.05, 0.1) is 17.0 Å². The molecule has 8 heteroatoms. The molecular formula is C22H23ClN2O4S. The summed E-state index contributed by atoms with van der Waals surface area (Å²) in [5.74, 6) is -0.562. The lowest BCUT2D eigenvalue weighted by atomic mass is 10.0. The molecule has 1 heterocycles. The predicted molar refractivity (Wildman–Crippen MR) is 115 cm³/mol. The zero-order valence-electron chi connectivity index (χ0n) is 16.8. The van der Waals surface area contributed by atoms with Crippen molar-refractivity contribution in [3.05, 3.63) is 59.1 Å². The van der Waals surface area contributed by atoms with E-state index in [0.29, 0.717) is 29.5 Å². The lowest BCUT2D eigenvalue weighted by Gasteiger charge is -2.26. The van der Waals surface area contributed by atoms with Gasteiger partial charge in [-0.25, -0.2) is 13.3 Å². The first-order valence-corrected chi connectivity index (χ1v) is 11.8. The molecule has 0 bridgehead atoms. The van der Waals surface area contributed by atoms with Crippen LogP contribution in [0.15, 0.2) is 53.4 Å². The molecule has 4 rings (SSSR count). The van der Waals surface area contributed by atoms with Gasteiger partial charge in [0.25, 0.3) is 5.91 Å². The molecule has 1 atom stereocenters. The molecule has 1 saturated carbocycles. The number of hydrogen-bond donors (Lipinski definition) is 0. The van der Waals surface area contributed by atoms with E-state index in [0.717, 1.165) is 10.5 Å². The van der Waals surface area contributed by atoms with Gasteiger partial charge in [-0.2, -0.15) is 4.31 Å². The van der Waals surface area contributed by atoms with Crippen LogP contribution < -0.4 is 4.90 Å². The van der Waals surface area contributed by atoms with Crippen molar-refractivity contribution in [2.75, 3.05) is 4.90 Å². The number of sulfonamides is 1. The molecule has 2 aromatic carbocycles. The van der Waals surface area contributed by atoms with Crippen molar-refractivity contribution in [3.63, 3.8) is 0 Å². The first-order chi connectivity index (χ1) is 14.2. The molecule has 1 aliphatic heterocycles. The SMILES string of the molecule is CC(C)c1ccc(N2C(=O)CC(N(C3CC3)S(=O)(=O)c3ccc(Cl)cc3)C2=O)cc1. The molecule has 0 aromatic heterocycles. The van der Waals surface area contributed by atoms with Crippen molar-refractivity contribution in [2.45, 2.75) is 56.0 Å². The first-order valence-electron chi connectivity index (χ1n) is 9.96. The van der Waals surface area contributed by atoms with Gasteiger partial charge in [-0.15, -0.1) is 0 Å². The Bertz CT molecular complexity index is 1080. The normalized spacial score (nSPS) is 19.9. The maximum Gasteiger partial charge on any atom is 0.252 e. The third-order valence-electron chi connectivity index (χ3n) is 5.54. The van der Waals surface area contributed by atoms with Crippen LogP contribution in [-0.2, 0) is 19.6 Å². The van der Waals surface area contributed by atoms with E-state index in [1.54, 1.807) is 12.1 Å². The molecular weight excluding hydrogens is 424 g/mol.